The number of carbonyl (C=O) groups excluding carboxylic acids is 2. The van der Waals surface area contributed by atoms with Gasteiger partial charge in [-0.3, -0.25) is 14.3 Å². The Bertz CT molecular complexity index is 748. The van der Waals surface area contributed by atoms with Crippen LogP contribution in [-0.2, 0) is 27.9 Å². The summed E-state index contributed by atoms with van der Waals surface area (Å²) in [6.07, 6.45) is 6.60. The summed E-state index contributed by atoms with van der Waals surface area (Å²) in [4.78, 5) is 25.8. The Kier molecular flexibility index (Phi) is 6.51. The van der Waals surface area contributed by atoms with Gasteiger partial charge in [0.25, 0.3) is 0 Å². The molecule has 0 aliphatic rings. The van der Waals surface area contributed by atoms with E-state index >= 15 is 0 Å². The Balaban J connectivity index is 2.11. The van der Waals surface area contributed by atoms with Crippen LogP contribution < -0.4 is 0 Å². The minimum Gasteiger partial charge on any atom is -0.465 e. The lowest BCUT2D eigenvalue weighted by Gasteiger charge is -2.20. The largest absolute Gasteiger partial charge is 0.465 e. The number of amides is 1. The molecule has 0 aliphatic carbocycles. The fourth-order valence-corrected chi connectivity index (χ4v) is 2.29. The molecule has 2 rings (SSSR count). The Labute approximate surface area is 147 Å². The molecule has 0 radical (unpaired) electrons. The molecule has 132 valence electrons. The number of aryl methyl sites for hydroxylation is 2. The van der Waals surface area contributed by atoms with E-state index in [1.165, 1.54) is 11.0 Å². The predicted octanol–water partition coefficient (Wildman–Crippen LogP) is 2.33. The van der Waals surface area contributed by atoms with Gasteiger partial charge in [-0.25, -0.2) is 0 Å². The van der Waals surface area contributed by atoms with Crippen LogP contribution in [0, 0.1) is 6.92 Å². The Morgan fingerprint density at radius 3 is 2.60 bits per heavy atom. The molecular formula is C19H23N3O3. The van der Waals surface area contributed by atoms with Gasteiger partial charge in [0.15, 0.2) is 0 Å². The maximum absolute atomic E-state index is 12.5. The van der Waals surface area contributed by atoms with Crippen molar-refractivity contribution in [2.75, 3.05) is 13.2 Å². The molecule has 0 spiro atoms. The SMILES string of the molecule is CCOC(=O)CN(Cc1ccc(C)cc1)C(=O)/C=C/c1cnn(C)c1. The summed E-state index contributed by atoms with van der Waals surface area (Å²) in [5.41, 5.74) is 2.92. The highest BCUT2D eigenvalue weighted by Crippen LogP contribution is 2.09. The number of hydrogen-bond acceptors (Lipinski definition) is 4. The molecule has 0 atom stereocenters. The molecule has 6 nitrogen and oxygen atoms in total. The van der Waals surface area contributed by atoms with Crippen LogP contribution in [0.2, 0.25) is 0 Å². The van der Waals surface area contributed by atoms with E-state index in [1.807, 2.05) is 38.2 Å². The Morgan fingerprint density at radius 1 is 1.28 bits per heavy atom. The number of benzene rings is 1. The third kappa shape index (κ3) is 5.91. The quantitative estimate of drug-likeness (QED) is 0.573. The summed E-state index contributed by atoms with van der Waals surface area (Å²) >= 11 is 0. The fraction of sp³-hybridized carbons (Fsp3) is 0.316. The molecule has 1 heterocycles. The van der Waals surface area contributed by atoms with Crippen molar-refractivity contribution in [2.24, 2.45) is 7.05 Å². The van der Waals surface area contributed by atoms with Gasteiger partial charge in [-0.2, -0.15) is 5.10 Å². The average molecular weight is 341 g/mol. The first-order valence-electron chi connectivity index (χ1n) is 8.14. The second-order valence-corrected chi connectivity index (χ2v) is 5.77. The minimum atomic E-state index is -0.419. The fourth-order valence-electron chi connectivity index (χ4n) is 2.29. The van der Waals surface area contributed by atoms with E-state index in [-0.39, 0.29) is 19.1 Å². The summed E-state index contributed by atoms with van der Waals surface area (Å²) in [6.45, 7) is 4.29. The molecule has 6 heteroatoms. The van der Waals surface area contributed by atoms with Crippen molar-refractivity contribution >= 4 is 18.0 Å². The van der Waals surface area contributed by atoms with Crippen LogP contribution in [0.1, 0.15) is 23.6 Å². The van der Waals surface area contributed by atoms with E-state index in [4.69, 9.17) is 4.74 Å². The predicted molar refractivity (Wildman–Crippen MR) is 95.5 cm³/mol. The van der Waals surface area contributed by atoms with Crippen LogP contribution in [0.15, 0.2) is 42.7 Å². The highest BCUT2D eigenvalue weighted by atomic mass is 16.5. The summed E-state index contributed by atoms with van der Waals surface area (Å²) in [7, 11) is 1.81. The lowest BCUT2D eigenvalue weighted by molar-refractivity contribution is -0.148. The first-order valence-corrected chi connectivity index (χ1v) is 8.14. The zero-order valence-electron chi connectivity index (χ0n) is 14.8. The molecule has 0 N–H and O–H groups in total. The standard InChI is InChI=1S/C19H23N3O3/c1-4-25-19(24)14-22(13-16-7-5-15(2)6-8-16)18(23)10-9-17-11-20-21(3)12-17/h5-12H,4,13-14H2,1-3H3/b10-9+. The van der Waals surface area contributed by atoms with E-state index in [9.17, 15) is 9.59 Å². The van der Waals surface area contributed by atoms with Gasteiger partial charge >= 0.3 is 5.97 Å². The highest BCUT2D eigenvalue weighted by molar-refractivity contribution is 5.93. The number of hydrogen-bond donors (Lipinski definition) is 0. The molecule has 1 aromatic carbocycles. The Hall–Kier alpha value is -2.89. The number of nitrogens with zero attached hydrogens (tertiary/aromatic N) is 3. The van der Waals surface area contributed by atoms with Crippen LogP contribution in [0.25, 0.3) is 6.08 Å². The molecule has 0 fully saturated rings. The molecule has 0 bridgehead atoms. The Morgan fingerprint density at radius 2 is 2.00 bits per heavy atom. The monoisotopic (exact) mass is 341 g/mol. The van der Waals surface area contributed by atoms with Crippen LogP contribution in [0.5, 0.6) is 0 Å². The molecule has 1 amide bonds. The van der Waals surface area contributed by atoms with Crippen molar-refractivity contribution in [1.29, 1.82) is 0 Å². The van der Waals surface area contributed by atoms with Crippen LogP contribution in [0.4, 0.5) is 0 Å². The zero-order valence-corrected chi connectivity index (χ0v) is 14.8. The molecule has 0 saturated carbocycles. The number of ether oxygens (including phenoxy) is 1. The number of rotatable bonds is 7. The normalized spacial score (nSPS) is 10.8. The molecule has 1 aromatic heterocycles. The van der Waals surface area contributed by atoms with Gasteiger partial charge in [0.2, 0.25) is 5.91 Å². The van der Waals surface area contributed by atoms with Crippen molar-refractivity contribution in [3.8, 4) is 0 Å². The molecule has 0 unspecified atom stereocenters. The van der Waals surface area contributed by atoms with Gasteiger partial charge in [0, 0.05) is 31.4 Å². The van der Waals surface area contributed by atoms with Gasteiger partial charge in [0.05, 0.1) is 12.8 Å². The molecule has 25 heavy (non-hydrogen) atoms. The number of aromatic nitrogens is 2. The lowest BCUT2D eigenvalue weighted by Crippen LogP contribution is -2.35. The summed E-state index contributed by atoms with van der Waals surface area (Å²) in [6, 6.07) is 7.86. The molecule has 2 aromatic rings. The second-order valence-electron chi connectivity index (χ2n) is 5.77. The third-order valence-electron chi connectivity index (χ3n) is 3.57. The second kappa shape index (κ2) is 8.82. The van der Waals surface area contributed by atoms with Crippen molar-refractivity contribution in [1.82, 2.24) is 14.7 Å². The van der Waals surface area contributed by atoms with Crippen molar-refractivity contribution in [3.63, 3.8) is 0 Å². The number of esters is 1. The maximum Gasteiger partial charge on any atom is 0.325 e. The van der Waals surface area contributed by atoms with E-state index in [2.05, 4.69) is 5.10 Å². The van der Waals surface area contributed by atoms with Crippen LogP contribution in [-0.4, -0.2) is 39.7 Å². The zero-order chi connectivity index (χ0) is 18.2. The molecule has 0 saturated heterocycles. The minimum absolute atomic E-state index is 0.0854. The van der Waals surface area contributed by atoms with E-state index in [0.717, 1.165) is 16.7 Å². The highest BCUT2D eigenvalue weighted by Gasteiger charge is 2.16. The summed E-state index contributed by atoms with van der Waals surface area (Å²) in [5, 5.41) is 4.05. The van der Waals surface area contributed by atoms with E-state index in [1.54, 1.807) is 30.1 Å². The number of carbonyl (C=O) groups is 2. The lowest BCUT2D eigenvalue weighted by atomic mass is 10.1. The smallest absolute Gasteiger partial charge is 0.325 e. The summed E-state index contributed by atoms with van der Waals surface area (Å²) < 4.78 is 6.63. The first kappa shape index (κ1) is 18.4. The molecular weight excluding hydrogens is 318 g/mol. The van der Waals surface area contributed by atoms with E-state index in [0.29, 0.717) is 6.54 Å². The van der Waals surface area contributed by atoms with Crippen molar-refractivity contribution in [3.05, 3.63) is 59.4 Å². The van der Waals surface area contributed by atoms with Crippen LogP contribution in [0.3, 0.4) is 0 Å². The van der Waals surface area contributed by atoms with Gasteiger partial charge in [-0.15, -0.1) is 0 Å². The van der Waals surface area contributed by atoms with Gasteiger partial charge in [0.1, 0.15) is 6.54 Å². The van der Waals surface area contributed by atoms with Crippen LogP contribution >= 0.6 is 0 Å². The molecule has 0 aliphatic heterocycles. The van der Waals surface area contributed by atoms with Crippen molar-refractivity contribution < 1.29 is 14.3 Å². The van der Waals surface area contributed by atoms with Gasteiger partial charge in [-0.1, -0.05) is 29.8 Å². The first-order chi connectivity index (χ1) is 12.0. The van der Waals surface area contributed by atoms with Gasteiger partial charge < -0.3 is 9.64 Å². The topological polar surface area (TPSA) is 64.4 Å². The van der Waals surface area contributed by atoms with Crippen molar-refractivity contribution in [2.45, 2.75) is 20.4 Å². The maximum atomic E-state index is 12.5. The van der Waals surface area contributed by atoms with Gasteiger partial charge in [-0.05, 0) is 25.5 Å². The van der Waals surface area contributed by atoms with E-state index < -0.39 is 5.97 Å². The summed E-state index contributed by atoms with van der Waals surface area (Å²) in [5.74, 6) is -0.671. The average Bonchev–Trinajstić information content (AvgIpc) is 2.99. The third-order valence-corrected chi connectivity index (χ3v) is 3.57.